The Kier molecular flexibility index (Phi) is 9.98. The highest BCUT2D eigenvalue weighted by molar-refractivity contribution is 7.90. The molecule has 1 heterocycles. The van der Waals surface area contributed by atoms with Crippen LogP contribution in [0.15, 0.2) is 61.2 Å². The number of nitrogens with one attached hydrogen (secondary N) is 1. The van der Waals surface area contributed by atoms with Gasteiger partial charge < -0.3 is 14.6 Å². The zero-order chi connectivity index (χ0) is 28.8. The first kappa shape index (κ1) is 30.4. The number of sulfone groups is 1. The van der Waals surface area contributed by atoms with Crippen molar-refractivity contribution in [2.45, 2.75) is 45.4 Å². The Hall–Kier alpha value is -3.14. The summed E-state index contributed by atoms with van der Waals surface area (Å²) in [6.45, 7) is 5.69. The summed E-state index contributed by atoms with van der Waals surface area (Å²) < 4.78 is 30.9. The molecule has 0 unspecified atom stereocenters. The maximum absolute atomic E-state index is 13.5. The number of benzene rings is 2. The second-order valence-corrected chi connectivity index (χ2v) is 13.2. The molecule has 0 aliphatic rings. The van der Waals surface area contributed by atoms with Gasteiger partial charge in [-0.15, -0.1) is 0 Å². The van der Waals surface area contributed by atoms with Crippen LogP contribution in [0.3, 0.4) is 0 Å². The summed E-state index contributed by atoms with van der Waals surface area (Å²) in [5.41, 5.74) is 1.33. The summed E-state index contributed by atoms with van der Waals surface area (Å²) in [5.74, 6) is -1.59. The fourth-order valence-corrected chi connectivity index (χ4v) is 4.86. The fraction of sp³-hybridized carbons (Fsp3) is 0.321. The number of amides is 1. The molecule has 0 bridgehead atoms. The number of imidazole rings is 1. The van der Waals surface area contributed by atoms with E-state index in [1.54, 1.807) is 63.6 Å². The predicted molar refractivity (Wildman–Crippen MR) is 155 cm³/mol. The van der Waals surface area contributed by atoms with Gasteiger partial charge in [-0.05, 0) is 62.6 Å². The van der Waals surface area contributed by atoms with Crippen LogP contribution >= 0.6 is 23.2 Å². The Morgan fingerprint density at radius 3 is 2.49 bits per heavy atom. The maximum atomic E-state index is 13.5. The average molecular weight is 593 g/mol. The molecule has 3 rings (SSSR count). The standard InChI is InChI=1S/C28H31Cl2N3O5S/c1-28(2,3)38-27(35)25(11-15-39(4,36)37)32-26(34)22-9-7-19(6-5-13-33-14-12-31-18-33)16-23(22)21-10-8-20(29)17-24(21)30/h5-10,12,14,16-18,25H,11,13,15H2,1-4H3,(H,32,34)/b6-5+/t25-/m0/s1. The van der Waals surface area contributed by atoms with Crippen LogP contribution in [0.25, 0.3) is 17.2 Å². The third-order valence-electron chi connectivity index (χ3n) is 5.47. The van der Waals surface area contributed by atoms with Crippen molar-refractivity contribution in [3.05, 3.63) is 82.4 Å². The van der Waals surface area contributed by atoms with E-state index in [0.717, 1.165) is 11.8 Å². The van der Waals surface area contributed by atoms with Crippen LogP contribution in [0, 0.1) is 0 Å². The first-order valence-corrected chi connectivity index (χ1v) is 15.0. The van der Waals surface area contributed by atoms with Gasteiger partial charge >= 0.3 is 5.97 Å². The van der Waals surface area contributed by atoms with E-state index in [4.69, 9.17) is 27.9 Å². The predicted octanol–water partition coefficient (Wildman–Crippen LogP) is 5.45. The molecule has 0 saturated carbocycles. The topological polar surface area (TPSA) is 107 Å². The molecule has 0 aliphatic heterocycles. The molecule has 1 aromatic heterocycles. The molecule has 8 nitrogen and oxygen atoms in total. The van der Waals surface area contributed by atoms with Crippen LogP contribution in [0.5, 0.6) is 0 Å². The highest BCUT2D eigenvalue weighted by Gasteiger charge is 2.29. The highest BCUT2D eigenvalue weighted by atomic mass is 35.5. The van der Waals surface area contributed by atoms with Crippen molar-refractivity contribution in [2.24, 2.45) is 0 Å². The van der Waals surface area contributed by atoms with Gasteiger partial charge in [-0.1, -0.05) is 47.5 Å². The fourth-order valence-electron chi connectivity index (χ4n) is 3.69. The molecule has 11 heteroatoms. The zero-order valence-corrected chi connectivity index (χ0v) is 24.5. The van der Waals surface area contributed by atoms with E-state index in [1.807, 2.05) is 29.0 Å². The Balaban J connectivity index is 1.97. The van der Waals surface area contributed by atoms with E-state index in [-0.39, 0.29) is 17.7 Å². The molecule has 208 valence electrons. The SMILES string of the molecule is CC(C)(C)OC(=O)[C@H](CCS(C)(=O)=O)NC(=O)c1ccc(/C=C/Cn2ccnc2)cc1-c1ccc(Cl)cc1Cl. The zero-order valence-electron chi connectivity index (χ0n) is 22.1. The largest absolute Gasteiger partial charge is 0.458 e. The minimum atomic E-state index is -3.39. The molecule has 1 atom stereocenters. The molecule has 0 saturated heterocycles. The van der Waals surface area contributed by atoms with Crippen LogP contribution in [0.2, 0.25) is 10.0 Å². The second-order valence-electron chi connectivity index (χ2n) is 10.1. The van der Waals surface area contributed by atoms with Gasteiger partial charge in [0.1, 0.15) is 21.5 Å². The maximum Gasteiger partial charge on any atom is 0.329 e. The number of esters is 1. The van der Waals surface area contributed by atoms with Crippen molar-refractivity contribution in [1.29, 1.82) is 0 Å². The minimum Gasteiger partial charge on any atom is -0.458 e. The number of ether oxygens (including phenoxy) is 1. The normalized spacial score (nSPS) is 12.9. The van der Waals surface area contributed by atoms with Crippen LogP contribution in [0.4, 0.5) is 0 Å². The van der Waals surface area contributed by atoms with Crippen molar-refractivity contribution >= 4 is 51.0 Å². The lowest BCUT2D eigenvalue weighted by molar-refractivity contribution is -0.157. The number of hydrogen-bond acceptors (Lipinski definition) is 6. The average Bonchev–Trinajstić information content (AvgIpc) is 3.33. The lowest BCUT2D eigenvalue weighted by Gasteiger charge is -2.25. The van der Waals surface area contributed by atoms with Crippen LogP contribution in [-0.2, 0) is 25.9 Å². The first-order chi connectivity index (χ1) is 18.2. The van der Waals surface area contributed by atoms with E-state index in [2.05, 4.69) is 10.3 Å². The van der Waals surface area contributed by atoms with Crippen LogP contribution in [-0.4, -0.2) is 53.5 Å². The molecule has 1 N–H and O–H groups in total. The molecule has 2 aromatic carbocycles. The summed E-state index contributed by atoms with van der Waals surface area (Å²) in [6.07, 6.45) is 10.1. The molecule has 1 amide bonds. The molecular formula is C28H31Cl2N3O5S. The Labute approximate surface area is 238 Å². The van der Waals surface area contributed by atoms with E-state index < -0.39 is 33.4 Å². The molecular weight excluding hydrogens is 561 g/mol. The van der Waals surface area contributed by atoms with Gasteiger partial charge in [0.05, 0.1) is 12.1 Å². The Bertz CT molecular complexity index is 1460. The molecule has 3 aromatic rings. The Morgan fingerprint density at radius 2 is 1.87 bits per heavy atom. The number of allylic oxidation sites excluding steroid dienone is 1. The molecule has 0 radical (unpaired) electrons. The van der Waals surface area contributed by atoms with E-state index >= 15 is 0 Å². The summed E-state index contributed by atoms with van der Waals surface area (Å²) in [4.78, 5) is 30.4. The van der Waals surface area contributed by atoms with Gasteiger partial charge in [0.15, 0.2) is 0 Å². The number of nitrogens with zero attached hydrogens (tertiary/aromatic N) is 2. The summed E-state index contributed by atoms with van der Waals surface area (Å²) in [6, 6.07) is 9.01. The first-order valence-electron chi connectivity index (χ1n) is 12.1. The number of carbonyl (C=O) groups is 2. The number of aromatic nitrogens is 2. The molecule has 39 heavy (non-hydrogen) atoms. The molecule has 0 fully saturated rings. The van der Waals surface area contributed by atoms with E-state index in [1.165, 1.54) is 0 Å². The second kappa shape index (κ2) is 12.8. The quantitative estimate of drug-likeness (QED) is 0.314. The molecule has 0 spiro atoms. The smallest absolute Gasteiger partial charge is 0.329 e. The van der Waals surface area contributed by atoms with Crippen LogP contribution < -0.4 is 5.32 Å². The van der Waals surface area contributed by atoms with Crippen molar-refractivity contribution < 1.29 is 22.7 Å². The monoisotopic (exact) mass is 591 g/mol. The summed E-state index contributed by atoms with van der Waals surface area (Å²) in [5, 5.41) is 3.46. The van der Waals surface area contributed by atoms with Gasteiger partial charge in [0.25, 0.3) is 5.91 Å². The van der Waals surface area contributed by atoms with E-state index in [0.29, 0.717) is 27.7 Å². The number of carbonyl (C=O) groups excluding carboxylic acids is 2. The number of halogens is 2. The summed E-state index contributed by atoms with van der Waals surface area (Å²) in [7, 11) is -3.39. The van der Waals surface area contributed by atoms with Crippen LogP contribution in [0.1, 0.15) is 43.1 Å². The molecule has 0 aliphatic carbocycles. The van der Waals surface area contributed by atoms with Crippen molar-refractivity contribution in [1.82, 2.24) is 14.9 Å². The van der Waals surface area contributed by atoms with Crippen molar-refractivity contribution in [2.75, 3.05) is 12.0 Å². The number of hydrogen-bond donors (Lipinski definition) is 1. The number of rotatable bonds is 10. The van der Waals surface area contributed by atoms with Crippen molar-refractivity contribution in [3.8, 4) is 11.1 Å². The van der Waals surface area contributed by atoms with Gasteiger partial charge in [-0.3, -0.25) is 4.79 Å². The lowest BCUT2D eigenvalue weighted by atomic mass is 9.96. The van der Waals surface area contributed by atoms with E-state index in [9.17, 15) is 18.0 Å². The van der Waals surface area contributed by atoms with Gasteiger partial charge in [0, 0.05) is 46.4 Å². The highest BCUT2D eigenvalue weighted by Crippen LogP contribution is 2.33. The third kappa shape index (κ3) is 9.53. The Morgan fingerprint density at radius 1 is 1.13 bits per heavy atom. The van der Waals surface area contributed by atoms with Gasteiger partial charge in [-0.25, -0.2) is 18.2 Å². The summed E-state index contributed by atoms with van der Waals surface area (Å²) >= 11 is 12.6. The van der Waals surface area contributed by atoms with Gasteiger partial charge in [0.2, 0.25) is 0 Å². The minimum absolute atomic E-state index is 0.133. The lowest BCUT2D eigenvalue weighted by Crippen LogP contribution is -2.45. The van der Waals surface area contributed by atoms with Crippen molar-refractivity contribution in [3.63, 3.8) is 0 Å². The van der Waals surface area contributed by atoms with Gasteiger partial charge in [-0.2, -0.15) is 0 Å². The third-order valence-corrected chi connectivity index (χ3v) is 6.99.